The molecule has 1 aliphatic rings. The number of aromatic nitrogens is 2. The fourth-order valence-corrected chi connectivity index (χ4v) is 3.19. The van der Waals surface area contributed by atoms with Gasteiger partial charge < -0.3 is 5.32 Å². The van der Waals surface area contributed by atoms with E-state index >= 15 is 0 Å². The van der Waals surface area contributed by atoms with Gasteiger partial charge in [0.05, 0.1) is 11.9 Å². The van der Waals surface area contributed by atoms with Crippen molar-refractivity contribution in [2.24, 2.45) is 5.92 Å². The van der Waals surface area contributed by atoms with Gasteiger partial charge in [-0.2, -0.15) is 16.4 Å². The van der Waals surface area contributed by atoms with E-state index in [-0.39, 0.29) is 5.56 Å². The molecule has 1 fully saturated rings. The number of thiophene rings is 1. The topological polar surface area (TPSA) is 46.9 Å². The van der Waals surface area contributed by atoms with Gasteiger partial charge in [0.1, 0.15) is 4.47 Å². The minimum absolute atomic E-state index is 0.0440. The highest BCUT2D eigenvalue weighted by atomic mass is 79.9. The van der Waals surface area contributed by atoms with E-state index in [0.29, 0.717) is 10.4 Å². The predicted molar refractivity (Wildman–Crippen MR) is 85.4 cm³/mol. The quantitative estimate of drug-likeness (QED) is 0.867. The summed E-state index contributed by atoms with van der Waals surface area (Å²) < 4.78 is 2.14. The number of hydrogen-bond donors (Lipinski definition) is 1. The number of anilines is 1. The van der Waals surface area contributed by atoms with Crippen molar-refractivity contribution in [1.29, 1.82) is 0 Å². The SMILES string of the molecule is O=c1c(Br)c(NCCc2ccsc2)cnn1CC1CC1. The molecule has 1 N–H and O–H groups in total. The minimum atomic E-state index is -0.0440. The van der Waals surface area contributed by atoms with Crippen molar-refractivity contribution in [2.45, 2.75) is 25.8 Å². The summed E-state index contributed by atoms with van der Waals surface area (Å²) in [6, 6.07) is 2.12. The lowest BCUT2D eigenvalue weighted by atomic mass is 10.2. The second kappa shape index (κ2) is 6.10. The Morgan fingerprint density at radius 2 is 2.35 bits per heavy atom. The highest BCUT2D eigenvalue weighted by Crippen LogP contribution is 2.30. The van der Waals surface area contributed by atoms with Crippen molar-refractivity contribution in [3.63, 3.8) is 0 Å². The number of rotatable bonds is 6. The highest BCUT2D eigenvalue weighted by molar-refractivity contribution is 9.10. The summed E-state index contributed by atoms with van der Waals surface area (Å²) in [5.74, 6) is 0.643. The van der Waals surface area contributed by atoms with Crippen molar-refractivity contribution in [2.75, 3.05) is 11.9 Å². The van der Waals surface area contributed by atoms with Crippen molar-refractivity contribution >= 4 is 33.0 Å². The molecule has 1 aliphatic carbocycles. The van der Waals surface area contributed by atoms with Crippen molar-refractivity contribution in [1.82, 2.24) is 9.78 Å². The largest absolute Gasteiger partial charge is 0.382 e. The van der Waals surface area contributed by atoms with Crippen LogP contribution in [0.3, 0.4) is 0 Å². The summed E-state index contributed by atoms with van der Waals surface area (Å²) >= 11 is 5.09. The lowest BCUT2D eigenvalue weighted by Gasteiger charge is -2.10. The standard InChI is InChI=1S/C14H16BrN3OS/c15-13-12(16-5-3-11-4-6-20-9-11)7-17-18(14(13)19)8-10-1-2-10/h4,6-7,9-10,16H,1-3,5,8H2. The Morgan fingerprint density at radius 1 is 1.50 bits per heavy atom. The Kier molecular flexibility index (Phi) is 4.21. The summed E-state index contributed by atoms with van der Waals surface area (Å²) in [5, 5.41) is 11.7. The van der Waals surface area contributed by atoms with E-state index in [1.54, 1.807) is 22.2 Å². The first-order chi connectivity index (χ1) is 9.74. The smallest absolute Gasteiger partial charge is 0.283 e. The molecule has 1 saturated carbocycles. The van der Waals surface area contributed by atoms with Crippen LogP contribution in [0.5, 0.6) is 0 Å². The van der Waals surface area contributed by atoms with Crippen LogP contribution in [0.1, 0.15) is 18.4 Å². The maximum Gasteiger partial charge on any atom is 0.283 e. The Morgan fingerprint density at radius 3 is 3.05 bits per heavy atom. The van der Waals surface area contributed by atoms with Crippen LogP contribution < -0.4 is 10.9 Å². The molecule has 20 heavy (non-hydrogen) atoms. The third kappa shape index (κ3) is 3.30. The van der Waals surface area contributed by atoms with Gasteiger partial charge in [0.15, 0.2) is 0 Å². The zero-order chi connectivity index (χ0) is 13.9. The van der Waals surface area contributed by atoms with Gasteiger partial charge in [-0.3, -0.25) is 4.79 Å². The summed E-state index contributed by atoms with van der Waals surface area (Å²) in [6.45, 7) is 1.54. The molecule has 6 heteroatoms. The van der Waals surface area contributed by atoms with Gasteiger partial charge in [-0.25, -0.2) is 4.68 Å². The molecule has 0 aliphatic heterocycles. The first-order valence-corrected chi connectivity index (χ1v) is 8.48. The lowest BCUT2D eigenvalue weighted by molar-refractivity contribution is 0.532. The Bertz CT molecular complexity index is 634. The lowest BCUT2D eigenvalue weighted by Crippen LogP contribution is -2.25. The molecule has 2 heterocycles. The van der Waals surface area contributed by atoms with Gasteiger partial charge in [-0.05, 0) is 63.5 Å². The van der Waals surface area contributed by atoms with Crippen LogP contribution in [0.15, 0.2) is 32.3 Å². The van der Waals surface area contributed by atoms with Gasteiger partial charge >= 0.3 is 0 Å². The molecule has 0 spiro atoms. The fraction of sp³-hybridized carbons (Fsp3) is 0.429. The number of nitrogens with one attached hydrogen (secondary N) is 1. The van der Waals surface area contributed by atoms with E-state index in [2.05, 4.69) is 43.2 Å². The Labute approximate surface area is 130 Å². The molecule has 4 nitrogen and oxygen atoms in total. The van der Waals surface area contributed by atoms with E-state index in [1.807, 2.05) is 0 Å². The minimum Gasteiger partial charge on any atom is -0.382 e. The molecular formula is C14H16BrN3OS. The number of hydrogen-bond acceptors (Lipinski definition) is 4. The number of halogens is 1. The summed E-state index contributed by atoms with van der Waals surface area (Å²) in [5.41, 5.74) is 2.04. The molecule has 0 atom stereocenters. The van der Waals surface area contributed by atoms with E-state index < -0.39 is 0 Å². The molecule has 0 amide bonds. The molecular weight excluding hydrogens is 338 g/mol. The van der Waals surface area contributed by atoms with Crippen LogP contribution in [0.25, 0.3) is 0 Å². The highest BCUT2D eigenvalue weighted by Gasteiger charge is 2.23. The average molecular weight is 354 g/mol. The normalized spacial score (nSPS) is 14.4. The van der Waals surface area contributed by atoms with E-state index in [4.69, 9.17) is 0 Å². The summed E-state index contributed by atoms with van der Waals surface area (Å²) in [7, 11) is 0. The van der Waals surface area contributed by atoms with Crippen molar-refractivity contribution in [3.05, 3.63) is 43.4 Å². The van der Waals surface area contributed by atoms with Gasteiger partial charge in [-0.1, -0.05) is 0 Å². The van der Waals surface area contributed by atoms with Crippen LogP contribution in [0, 0.1) is 5.92 Å². The van der Waals surface area contributed by atoms with E-state index in [0.717, 1.165) is 25.2 Å². The predicted octanol–water partition coefficient (Wildman–Crippen LogP) is 3.13. The van der Waals surface area contributed by atoms with Crippen LogP contribution in [0.4, 0.5) is 5.69 Å². The molecule has 0 bridgehead atoms. The molecule has 0 aromatic carbocycles. The van der Waals surface area contributed by atoms with Gasteiger partial charge in [0.2, 0.25) is 0 Å². The first kappa shape index (κ1) is 13.8. The maximum absolute atomic E-state index is 12.2. The Balaban J connectivity index is 1.64. The fourth-order valence-electron chi connectivity index (χ4n) is 2.04. The summed E-state index contributed by atoms with van der Waals surface area (Å²) in [6.07, 6.45) is 5.11. The second-order valence-electron chi connectivity index (χ2n) is 5.11. The zero-order valence-corrected chi connectivity index (χ0v) is 13.4. The van der Waals surface area contributed by atoms with Crippen LogP contribution in [-0.4, -0.2) is 16.3 Å². The third-order valence-corrected chi connectivity index (χ3v) is 4.92. The molecule has 0 unspecified atom stereocenters. The first-order valence-electron chi connectivity index (χ1n) is 6.74. The zero-order valence-electron chi connectivity index (χ0n) is 11.0. The van der Waals surface area contributed by atoms with E-state index in [9.17, 15) is 4.79 Å². The molecule has 2 aromatic heterocycles. The molecule has 3 rings (SSSR count). The second-order valence-corrected chi connectivity index (χ2v) is 6.68. The molecule has 106 valence electrons. The summed E-state index contributed by atoms with van der Waals surface area (Å²) in [4.78, 5) is 12.2. The average Bonchev–Trinajstić information content (AvgIpc) is 3.11. The van der Waals surface area contributed by atoms with Gasteiger partial charge in [0, 0.05) is 13.1 Å². The molecule has 0 radical (unpaired) electrons. The maximum atomic E-state index is 12.2. The third-order valence-electron chi connectivity index (χ3n) is 3.42. The van der Waals surface area contributed by atoms with Crippen LogP contribution in [-0.2, 0) is 13.0 Å². The Hall–Kier alpha value is -1.14. The van der Waals surface area contributed by atoms with Crippen LogP contribution in [0.2, 0.25) is 0 Å². The van der Waals surface area contributed by atoms with Crippen molar-refractivity contribution in [3.8, 4) is 0 Å². The van der Waals surface area contributed by atoms with E-state index in [1.165, 1.54) is 18.4 Å². The molecule has 2 aromatic rings. The van der Waals surface area contributed by atoms with Crippen LogP contribution >= 0.6 is 27.3 Å². The molecule has 0 saturated heterocycles. The monoisotopic (exact) mass is 353 g/mol. The van der Waals surface area contributed by atoms with Gasteiger partial charge in [0.25, 0.3) is 5.56 Å². The van der Waals surface area contributed by atoms with Gasteiger partial charge in [-0.15, -0.1) is 0 Å². The van der Waals surface area contributed by atoms with Crippen molar-refractivity contribution < 1.29 is 0 Å². The number of nitrogens with zero attached hydrogens (tertiary/aromatic N) is 2.